The van der Waals surface area contributed by atoms with Gasteiger partial charge in [-0.3, -0.25) is 4.79 Å². The summed E-state index contributed by atoms with van der Waals surface area (Å²) in [7, 11) is 4.03. The van der Waals surface area contributed by atoms with Gasteiger partial charge in [0.05, 0.1) is 0 Å². The zero-order valence-corrected chi connectivity index (χ0v) is 16.5. The second-order valence-corrected chi connectivity index (χ2v) is 7.16. The second kappa shape index (κ2) is 9.43. The van der Waals surface area contributed by atoms with Crippen LogP contribution in [0, 0.1) is 6.92 Å². The van der Waals surface area contributed by atoms with E-state index >= 15 is 0 Å². The van der Waals surface area contributed by atoms with Gasteiger partial charge in [-0.05, 0) is 69.2 Å². The van der Waals surface area contributed by atoms with Crippen LogP contribution in [0.3, 0.4) is 0 Å². The summed E-state index contributed by atoms with van der Waals surface area (Å²) in [5.74, 6) is 2.02. The summed E-state index contributed by atoms with van der Waals surface area (Å²) in [4.78, 5) is 14.2. The number of hydrogen-bond acceptors (Lipinski definition) is 4. The number of amides is 1. The summed E-state index contributed by atoms with van der Waals surface area (Å²) in [6.45, 7) is 8.20. The topological polar surface area (TPSA) is 54.7 Å². The SMILES string of the molecule is Cc1ccc(C(C)C)c(OCc2ccc(C(=O)NCCCN(C)C)o2)c1. The highest BCUT2D eigenvalue weighted by Gasteiger charge is 2.13. The van der Waals surface area contributed by atoms with Crippen LogP contribution >= 0.6 is 0 Å². The molecule has 0 atom stereocenters. The summed E-state index contributed by atoms with van der Waals surface area (Å²) in [6.07, 6.45) is 0.904. The quantitative estimate of drug-likeness (QED) is 0.689. The van der Waals surface area contributed by atoms with E-state index < -0.39 is 0 Å². The third-order valence-corrected chi connectivity index (χ3v) is 4.11. The third kappa shape index (κ3) is 5.92. The lowest BCUT2D eigenvalue weighted by molar-refractivity contribution is 0.0920. The first kappa shape index (κ1) is 20.0. The maximum absolute atomic E-state index is 12.1. The number of carbonyl (C=O) groups is 1. The van der Waals surface area contributed by atoms with Crippen LogP contribution in [0.5, 0.6) is 5.75 Å². The first-order valence-electron chi connectivity index (χ1n) is 9.12. The minimum atomic E-state index is -0.187. The predicted octanol–water partition coefficient (Wildman–Crippen LogP) is 3.97. The Labute approximate surface area is 156 Å². The molecule has 5 nitrogen and oxygen atoms in total. The van der Waals surface area contributed by atoms with Gasteiger partial charge in [-0.15, -0.1) is 0 Å². The third-order valence-electron chi connectivity index (χ3n) is 4.11. The molecule has 0 fully saturated rings. The van der Waals surface area contributed by atoms with Gasteiger partial charge in [0.1, 0.15) is 18.1 Å². The minimum absolute atomic E-state index is 0.187. The Kier molecular flexibility index (Phi) is 7.27. The van der Waals surface area contributed by atoms with Gasteiger partial charge >= 0.3 is 0 Å². The summed E-state index contributed by atoms with van der Waals surface area (Å²) < 4.78 is 11.6. The molecule has 26 heavy (non-hydrogen) atoms. The number of carbonyl (C=O) groups excluding carboxylic acids is 1. The Morgan fingerprint density at radius 3 is 2.69 bits per heavy atom. The second-order valence-electron chi connectivity index (χ2n) is 7.16. The van der Waals surface area contributed by atoms with Crippen LogP contribution < -0.4 is 10.1 Å². The number of ether oxygens (including phenoxy) is 1. The van der Waals surface area contributed by atoms with Crippen molar-refractivity contribution in [3.63, 3.8) is 0 Å². The molecule has 0 radical (unpaired) electrons. The standard InChI is InChI=1S/C21H30N2O3/c1-15(2)18-9-7-16(3)13-20(18)25-14-17-8-10-19(26-17)21(24)22-11-6-12-23(4)5/h7-10,13,15H,6,11-12,14H2,1-5H3,(H,22,24). The minimum Gasteiger partial charge on any atom is -0.485 e. The highest BCUT2D eigenvalue weighted by atomic mass is 16.5. The van der Waals surface area contributed by atoms with Crippen molar-refractivity contribution >= 4 is 5.91 Å². The van der Waals surface area contributed by atoms with Crippen molar-refractivity contribution in [1.82, 2.24) is 10.2 Å². The van der Waals surface area contributed by atoms with Crippen LogP contribution in [0.1, 0.15) is 53.6 Å². The maximum atomic E-state index is 12.1. The van der Waals surface area contributed by atoms with Crippen LogP contribution in [0.15, 0.2) is 34.7 Å². The van der Waals surface area contributed by atoms with Crippen LogP contribution in [0.25, 0.3) is 0 Å². The van der Waals surface area contributed by atoms with Crippen LogP contribution in [-0.4, -0.2) is 38.0 Å². The van der Waals surface area contributed by atoms with Crippen molar-refractivity contribution < 1.29 is 13.9 Å². The van der Waals surface area contributed by atoms with Gasteiger partial charge in [-0.1, -0.05) is 26.0 Å². The molecule has 1 aromatic heterocycles. The van der Waals surface area contributed by atoms with E-state index in [4.69, 9.17) is 9.15 Å². The molecule has 0 saturated heterocycles. The lowest BCUT2D eigenvalue weighted by Crippen LogP contribution is -2.26. The average molecular weight is 358 g/mol. The van der Waals surface area contributed by atoms with E-state index in [9.17, 15) is 4.79 Å². The molecule has 1 heterocycles. The molecule has 142 valence electrons. The Hall–Kier alpha value is -2.27. The van der Waals surface area contributed by atoms with Gasteiger partial charge in [0, 0.05) is 6.54 Å². The zero-order chi connectivity index (χ0) is 19.1. The molecule has 1 amide bonds. The van der Waals surface area contributed by atoms with Crippen LogP contribution in [0.2, 0.25) is 0 Å². The molecule has 0 aliphatic rings. The number of nitrogens with zero attached hydrogens (tertiary/aromatic N) is 1. The molecular formula is C21H30N2O3. The monoisotopic (exact) mass is 358 g/mol. The molecule has 0 bridgehead atoms. The number of furan rings is 1. The van der Waals surface area contributed by atoms with Crippen LogP contribution in [-0.2, 0) is 6.61 Å². The van der Waals surface area contributed by atoms with Crippen molar-refractivity contribution in [3.8, 4) is 5.75 Å². The number of aryl methyl sites for hydroxylation is 1. The van der Waals surface area contributed by atoms with E-state index in [1.807, 2.05) is 27.1 Å². The molecule has 0 aliphatic heterocycles. The molecule has 2 aromatic rings. The molecule has 1 N–H and O–H groups in total. The molecule has 0 unspecified atom stereocenters. The Bertz CT molecular complexity index is 720. The van der Waals surface area contributed by atoms with Gasteiger partial charge < -0.3 is 19.4 Å². The smallest absolute Gasteiger partial charge is 0.286 e. The number of nitrogens with one attached hydrogen (secondary N) is 1. The van der Waals surface area contributed by atoms with Crippen molar-refractivity contribution in [1.29, 1.82) is 0 Å². The van der Waals surface area contributed by atoms with Crippen LogP contribution in [0.4, 0.5) is 0 Å². The highest BCUT2D eigenvalue weighted by Crippen LogP contribution is 2.28. The molecule has 5 heteroatoms. The van der Waals surface area contributed by atoms with Crippen molar-refractivity contribution in [2.24, 2.45) is 0 Å². The lowest BCUT2D eigenvalue weighted by atomic mass is 10.0. The van der Waals surface area contributed by atoms with E-state index in [1.54, 1.807) is 12.1 Å². The molecule has 2 rings (SSSR count). The van der Waals surface area contributed by atoms with Crippen molar-refractivity contribution in [2.45, 2.75) is 39.7 Å². The van der Waals surface area contributed by atoms with Gasteiger partial charge in [-0.2, -0.15) is 0 Å². The molecule has 0 saturated carbocycles. The van der Waals surface area contributed by atoms with Crippen molar-refractivity contribution in [3.05, 3.63) is 53.0 Å². The van der Waals surface area contributed by atoms with E-state index in [0.717, 1.165) is 24.3 Å². The number of rotatable bonds is 9. The Balaban J connectivity index is 1.90. The molecule has 1 aromatic carbocycles. The van der Waals surface area contributed by atoms with Crippen molar-refractivity contribution in [2.75, 3.05) is 27.2 Å². The summed E-state index contributed by atoms with van der Waals surface area (Å²) in [5.41, 5.74) is 2.32. The number of hydrogen-bond donors (Lipinski definition) is 1. The fraction of sp³-hybridized carbons (Fsp3) is 0.476. The lowest BCUT2D eigenvalue weighted by Gasteiger charge is -2.14. The summed E-state index contributed by atoms with van der Waals surface area (Å²) >= 11 is 0. The molecular weight excluding hydrogens is 328 g/mol. The number of benzene rings is 1. The van der Waals surface area contributed by atoms with Gasteiger partial charge in [0.2, 0.25) is 0 Å². The highest BCUT2D eigenvalue weighted by molar-refractivity contribution is 5.91. The van der Waals surface area contributed by atoms with E-state index in [-0.39, 0.29) is 5.91 Å². The van der Waals surface area contributed by atoms with Gasteiger partial charge in [-0.25, -0.2) is 0 Å². The van der Waals surface area contributed by atoms with E-state index in [1.165, 1.54) is 5.56 Å². The first-order chi connectivity index (χ1) is 12.4. The maximum Gasteiger partial charge on any atom is 0.286 e. The first-order valence-corrected chi connectivity index (χ1v) is 9.12. The van der Waals surface area contributed by atoms with E-state index in [2.05, 4.69) is 36.2 Å². The van der Waals surface area contributed by atoms with Gasteiger partial charge in [0.25, 0.3) is 5.91 Å². The van der Waals surface area contributed by atoms with Gasteiger partial charge in [0.15, 0.2) is 5.76 Å². The normalized spacial score (nSPS) is 11.2. The predicted molar refractivity (Wildman–Crippen MR) is 104 cm³/mol. The molecule has 0 spiro atoms. The summed E-state index contributed by atoms with van der Waals surface area (Å²) in [5, 5.41) is 2.87. The average Bonchev–Trinajstić information content (AvgIpc) is 3.05. The molecule has 0 aliphatic carbocycles. The summed E-state index contributed by atoms with van der Waals surface area (Å²) in [6, 6.07) is 9.72. The fourth-order valence-corrected chi connectivity index (χ4v) is 2.65. The Morgan fingerprint density at radius 1 is 1.23 bits per heavy atom. The fourth-order valence-electron chi connectivity index (χ4n) is 2.65. The largest absolute Gasteiger partial charge is 0.485 e. The van der Waals surface area contributed by atoms with E-state index in [0.29, 0.717) is 30.6 Å². The zero-order valence-electron chi connectivity index (χ0n) is 16.5. The Morgan fingerprint density at radius 2 is 2.00 bits per heavy atom.